The standard InChI is InChI=1S/C24H21N5O2S/c1-16(17-7-10-25-11-8-17)26-23(30)15-29-24(31)21-13-22-20(9-12-32-22)28(21)14-19(27-29)18-5-3-2-4-6-18/h2-13,16H,14-15H2,1H3,(H,26,30). The van der Waals surface area contributed by atoms with E-state index in [1.54, 1.807) is 23.7 Å². The van der Waals surface area contributed by atoms with Gasteiger partial charge in [-0.1, -0.05) is 30.3 Å². The molecule has 0 saturated carbocycles. The van der Waals surface area contributed by atoms with Crippen molar-refractivity contribution in [3.05, 3.63) is 89.2 Å². The Bertz CT molecular complexity index is 1310. The molecule has 32 heavy (non-hydrogen) atoms. The average Bonchev–Trinajstić information content (AvgIpc) is 3.38. The van der Waals surface area contributed by atoms with Gasteiger partial charge >= 0.3 is 0 Å². The summed E-state index contributed by atoms with van der Waals surface area (Å²) in [5.74, 6) is -0.563. The normalized spacial score (nSPS) is 14.6. The van der Waals surface area contributed by atoms with E-state index in [2.05, 4.69) is 15.4 Å². The van der Waals surface area contributed by atoms with Crippen LogP contribution in [0.15, 0.2) is 77.5 Å². The molecule has 0 saturated heterocycles. The van der Waals surface area contributed by atoms with Gasteiger partial charge in [0.25, 0.3) is 5.91 Å². The summed E-state index contributed by atoms with van der Waals surface area (Å²) < 4.78 is 3.02. The Labute approximate surface area is 189 Å². The molecule has 1 N–H and O–H groups in total. The molecule has 1 aromatic carbocycles. The van der Waals surface area contributed by atoms with E-state index in [9.17, 15) is 9.59 Å². The van der Waals surface area contributed by atoms with E-state index < -0.39 is 0 Å². The molecule has 3 aromatic heterocycles. The second-order valence-electron chi connectivity index (χ2n) is 7.63. The number of hydrogen-bond donors (Lipinski definition) is 1. The van der Waals surface area contributed by atoms with Gasteiger partial charge in [-0.3, -0.25) is 14.6 Å². The molecular formula is C24H21N5O2S. The minimum absolute atomic E-state index is 0.163. The fourth-order valence-corrected chi connectivity index (χ4v) is 4.70. The maximum Gasteiger partial charge on any atom is 0.291 e. The summed E-state index contributed by atoms with van der Waals surface area (Å²) in [6.45, 7) is 2.19. The van der Waals surface area contributed by atoms with Crippen molar-refractivity contribution in [2.75, 3.05) is 6.54 Å². The molecule has 0 radical (unpaired) electrons. The first kappa shape index (κ1) is 20.1. The number of hydrogen-bond acceptors (Lipinski definition) is 5. The first-order valence-corrected chi connectivity index (χ1v) is 11.2. The topological polar surface area (TPSA) is 79.6 Å². The number of fused-ring (bicyclic) bond motifs is 3. The lowest BCUT2D eigenvalue weighted by Gasteiger charge is -2.19. The van der Waals surface area contributed by atoms with Crippen molar-refractivity contribution in [2.24, 2.45) is 5.10 Å². The molecule has 2 amide bonds. The molecule has 0 bridgehead atoms. The van der Waals surface area contributed by atoms with Crippen LogP contribution in [-0.2, 0) is 11.3 Å². The third-order valence-electron chi connectivity index (χ3n) is 5.51. The quantitative estimate of drug-likeness (QED) is 0.509. The van der Waals surface area contributed by atoms with Crippen LogP contribution >= 0.6 is 11.3 Å². The molecule has 1 aliphatic heterocycles. The SMILES string of the molecule is CC(NC(=O)CN1N=C(c2ccccc2)Cn2c(cc3sccc32)C1=O)c1ccncc1. The van der Waals surface area contributed by atoms with Crippen LogP contribution in [0.25, 0.3) is 10.2 Å². The van der Waals surface area contributed by atoms with Crippen LogP contribution in [0.4, 0.5) is 0 Å². The van der Waals surface area contributed by atoms with Crippen LogP contribution in [0, 0.1) is 0 Å². The summed E-state index contributed by atoms with van der Waals surface area (Å²) >= 11 is 1.59. The zero-order chi connectivity index (χ0) is 22.1. The van der Waals surface area contributed by atoms with Gasteiger partial charge in [0.05, 0.1) is 28.5 Å². The van der Waals surface area contributed by atoms with Crippen molar-refractivity contribution in [1.82, 2.24) is 19.9 Å². The molecular weight excluding hydrogens is 422 g/mol. The van der Waals surface area contributed by atoms with Crippen molar-refractivity contribution in [3.63, 3.8) is 0 Å². The lowest BCUT2D eigenvalue weighted by atomic mass is 10.1. The van der Waals surface area contributed by atoms with Crippen molar-refractivity contribution in [1.29, 1.82) is 0 Å². The smallest absolute Gasteiger partial charge is 0.291 e. The molecule has 0 aliphatic carbocycles. The summed E-state index contributed by atoms with van der Waals surface area (Å²) in [6, 6.07) is 17.1. The molecule has 160 valence electrons. The predicted molar refractivity (Wildman–Crippen MR) is 125 cm³/mol. The minimum Gasteiger partial charge on any atom is -0.348 e. The zero-order valence-electron chi connectivity index (χ0n) is 17.4. The van der Waals surface area contributed by atoms with Crippen molar-refractivity contribution >= 4 is 39.1 Å². The van der Waals surface area contributed by atoms with Crippen LogP contribution in [0.3, 0.4) is 0 Å². The molecule has 1 unspecified atom stereocenters. The van der Waals surface area contributed by atoms with Gasteiger partial charge in [-0.15, -0.1) is 11.3 Å². The van der Waals surface area contributed by atoms with Crippen molar-refractivity contribution in [2.45, 2.75) is 19.5 Å². The lowest BCUT2D eigenvalue weighted by Crippen LogP contribution is -2.39. The number of rotatable bonds is 5. The van der Waals surface area contributed by atoms with E-state index in [-0.39, 0.29) is 24.4 Å². The zero-order valence-corrected chi connectivity index (χ0v) is 18.2. The average molecular weight is 444 g/mol. The fraction of sp³-hybridized carbons (Fsp3) is 0.167. The van der Waals surface area contributed by atoms with Crippen molar-refractivity contribution in [3.8, 4) is 0 Å². The summed E-state index contributed by atoms with van der Waals surface area (Å²) in [5, 5.41) is 10.9. The van der Waals surface area contributed by atoms with Gasteiger partial charge in [-0.25, -0.2) is 5.01 Å². The van der Waals surface area contributed by atoms with Gasteiger partial charge in [0.2, 0.25) is 5.91 Å². The summed E-state index contributed by atoms with van der Waals surface area (Å²) in [7, 11) is 0. The van der Waals surface area contributed by atoms with E-state index in [0.29, 0.717) is 12.2 Å². The second kappa shape index (κ2) is 8.39. The molecule has 0 fully saturated rings. The van der Waals surface area contributed by atoms with Crippen molar-refractivity contribution < 1.29 is 9.59 Å². The van der Waals surface area contributed by atoms with E-state index in [1.807, 2.05) is 71.5 Å². The number of hydrazone groups is 1. The largest absolute Gasteiger partial charge is 0.348 e. The van der Waals surface area contributed by atoms with Gasteiger partial charge in [-0.05, 0) is 47.7 Å². The highest BCUT2D eigenvalue weighted by Crippen LogP contribution is 2.28. The maximum atomic E-state index is 13.4. The van der Waals surface area contributed by atoms with Crippen LogP contribution < -0.4 is 5.32 Å². The van der Waals surface area contributed by atoms with Crippen LogP contribution in [0.1, 0.15) is 34.6 Å². The third kappa shape index (κ3) is 3.80. The second-order valence-corrected chi connectivity index (χ2v) is 8.58. The number of thiophene rings is 1. The first-order chi connectivity index (χ1) is 15.6. The van der Waals surface area contributed by atoms with E-state index in [1.165, 1.54) is 5.01 Å². The Balaban J connectivity index is 1.46. The van der Waals surface area contributed by atoms with Crippen LogP contribution in [0.2, 0.25) is 0 Å². The Morgan fingerprint density at radius 1 is 1.16 bits per heavy atom. The van der Waals surface area contributed by atoms with Gasteiger partial charge < -0.3 is 9.88 Å². The molecule has 5 rings (SSSR count). The van der Waals surface area contributed by atoms with E-state index in [0.717, 1.165) is 27.1 Å². The highest BCUT2D eigenvalue weighted by molar-refractivity contribution is 7.17. The first-order valence-electron chi connectivity index (χ1n) is 10.3. The summed E-state index contributed by atoms with van der Waals surface area (Å²) in [4.78, 5) is 30.2. The number of nitrogens with zero attached hydrogens (tertiary/aromatic N) is 4. The third-order valence-corrected chi connectivity index (χ3v) is 6.36. The monoisotopic (exact) mass is 443 g/mol. The van der Waals surface area contributed by atoms with Gasteiger partial charge in [0.1, 0.15) is 12.2 Å². The highest BCUT2D eigenvalue weighted by atomic mass is 32.1. The number of pyridine rings is 1. The number of benzene rings is 1. The maximum absolute atomic E-state index is 13.4. The van der Waals surface area contributed by atoms with E-state index in [4.69, 9.17) is 0 Å². The number of nitrogens with one attached hydrogen (secondary N) is 1. The van der Waals surface area contributed by atoms with Gasteiger partial charge in [0, 0.05) is 12.4 Å². The summed E-state index contributed by atoms with van der Waals surface area (Å²) in [5.41, 5.74) is 4.13. The molecule has 8 heteroatoms. The fourth-order valence-electron chi connectivity index (χ4n) is 3.87. The van der Waals surface area contributed by atoms with Gasteiger partial charge in [0.15, 0.2) is 0 Å². The number of carbonyl (C=O) groups excluding carboxylic acids is 2. The molecule has 4 aromatic rings. The minimum atomic E-state index is -0.286. The molecule has 1 atom stereocenters. The summed E-state index contributed by atoms with van der Waals surface area (Å²) in [6.07, 6.45) is 3.37. The Hall–Kier alpha value is -3.78. The molecule has 1 aliphatic rings. The molecule has 4 heterocycles. The highest BCUT2D eigenvalue weighted by Gasteiger charge is 2.28. The van der Waals surface area contributed by atoms with Crippen LogP contribution in [0.5, 0.6) is 0 Å². The lowest BCUT2D eigenvalue weighted by molar-refractivity contribution is -0.122. The van der Waals surface area contributed by atoms with Crippen LogP contribution in [-0.4, -0.2) is 38.6 Å². The number of amides is 2. The number of carbonyl (C=O) groups is 2. The number of aromatic nitrogens is 2. The predicted octanol–water partition coefficient (Wildman–Crippen LogP) is 3.84. The van der Waals surface area contributed by atoms with E-state index >= 15 is 0 Å². The Morgan fingerprint density at radius 2 is 1.94 bits per heavy atom. The molecule has 7 nitrogen and oxygen atoms in total. The van der Waals surface area contributed by atoms with Gasteiger partial charge in [-0.2, -0.15) is 5.10 Å². The molecule has 0 spiro atoms. The Kier molecular flexibility index (Phi) is 5.28. The Morgan fingerprint density at radius 3 is 2.72 bits per heavy atom.